The summed E-state index contributed by atoms with van der Waals surface area (Å²) in [4.78, 5) is 29.5. The Kier molecular flexibility index (Phi) is 5.91. The van der Waals surface area contributed by atoms with E-state index < -0.39 is 0 Å². The van der Waals surface area contributed by atoms with Gasteiger partial charge >= 0.3 is 6.03 Å². The Bertz CT molecular complexity index is 753. The van der Waals surface area contributed by atoms with Gasteiger partial charge in [-0.2, -0.15) is 0 Å². The van der Waals surface area contributed by atoms with E-state index in [-0.39, 0.29) is 17.5 Å². The van der Waals surface area contributed by atoms with Gasteiger partial charge < -0.3 is 15.5 Å². The van der Waals surface area contributed by atoms with Crippen molar-refractivity contribution >= 4 is 11.9 Å². The van der Waals surface area contributed by atoms with E-state index in [0.717, 1.165) is 69.7 Å². The molecule has 1 saturated heterocycles. The van der Waals surface area contributed by atoms with E-state index in [4.69, 9.17) is 0 Å². The first-order valence-electron chi connectivity index (χ1n) is 12.2. The molecular weight excluding hydrogens is 388 g/mol. The largest absolute Gasteiger partial charge is 0.340 e. The third-order valence-electron chi connectivity index (χ3n) is 8.02. The fourth-order valence-corrected chi connectivity index (χ4v) is 6.99. The summed E-state index contributed by atoms with van der Waals surface area (Å²) >= 11 is 0. The minimum Gasteiger partial charge on any atom is -0.340 e. The number of carbonyl (C=O) groups is 2. The van der Waals surface area contributed by atoms with Crippen molar-refractivity contribution in [1.82, 2.24) is 20.4 Å². The van der Waals surface area contributed by atoms with E-state index in [2.05, 4.69) is 39.8 Å². The van der Waals surface area contributed by atoms with E-state index in [1.165, 1.54) is 24.8 Å². The molecule has 0 aromatic heterocycles. The SMILES string of the molecule is O=C(NCCC(=O)N1CCN(Cc2ccccc2)CC1)NC12CC3CC(CC(C3)C1)C2. The summed E-state index contributed by atoms with van der Waals surface area (Å²) in [5.41, 5.74) is 1.34. The lowest BCUT2D eigenvalue weighted by Gasteiger charge is -2.56. The maximum Gasteiger partial charge on any atom is 0.315 e. The van der Waals surface area contributed by atoms with Crippen molar-refractivity contribution in [3.8, 4) is 0 Å². The molecular formula is C25H36N4O2. The molecule has 6 nitrogen and oxygen atoms in total. The molecule has 1 aromatic carbocycles. The van der Waals surface area contributed by atoms with Gasteiger partial charge in [-0.25, -0.2) is 4.79 Å². The van der Waals surface area contributed by atoms with Crippen LogP contribution in [0.4, 0.5) is 4.79 Å². The summed E-state index contributed by atoms with van der Waals surface area (Å²) in [7, 11) is 0. The molecule has 1 heterocycles. The quantitative estimate of drug-likeness (QED) is 0.738. The molecule has 3 amide bonds. The minimum absolute atomic E-state index is 0.0257. The smallest absolute Gasteiger partial charge is 0.315 e. The Hall–Kier alpha value is -2.08. The maximum atomic E-state index is 12.6. The summed E-state index contributed by atoms with van der Waals surface area (Å²) in [6.07, 6.45) is 7.95. The van der Waals surface area contributed by atoms with Gasteiger partial charge in [-0.05, 0) is 61.8 Å². The topological polar surface area (TPSA) is 64.7 Å². The molecule has 0 unspecified atom stereocenters. The van der Waals surface area contributed by atoms with Crippen molar-refractivity contribution in [1.29, 1.82) is 0 Å². The molecule has 168 valence electrons. The first-order valence-corrected chi connectivity index (χ1v) is 12.2. The van der Waals surface area contributed by atoms with Gasteiger partial charge in [0, 0.05) is 51.2 Å². The number of amides is 3. The molecule has 2 N–H and O–H groups in total. The Balaban J connectivity index is 1.01. The van der Waals surface area contributed by atoms with E-state index in [0.29, 0.717) is 13.0 Å². The predicted octanol–water partition coefficient (Wildman–Crippen LogP) is 2.99. The van der Waals surface area contributed by atoms with Crippen LogP contribution >= 0.6 is 0 Å². The van der Waals surface area contributed by atoms with Crippen LogP contribution in [0.5, 0.6) is 0 Å². The summed E-state index contributed by atoms with van der Waals surface area (Å²) in [6.45, 7) is 4.70. The zero-order valence-electron chi connectivity index (χ0n) is 18.5. The predicted molar refractivity (Wildman–Crippen MR) is 120 cm³/mol. The molecule has 4 aliphatic carbocycles. The van der Waals surface area contributed by atoms with Gasteiger partial charge in [0.15, 0.2) is 0 Å². The van der Waals surface area contributed by atoms with E-state index >= 15 is 0 Å². The van der Waals surface area contributed by atoms with Crippen molar-refractivity contribution in [2.24, 2.45) is 17.8 Å². The van der Waals surface area contributed by atoms with Gasteiger partial charge in [0.1, 0.15) is 0 Å². The number of hydrogen-bond donors (Lipinski definition) is 2. The highest BCUT2D eigenvalue weighted by Gasteiger charge is 2.51. The highest BCUT2D eigenvalue weighted by atomic mass is 16.2. The van der Waals surface area contributed by atoms with Crippen LogP contribution in [0.3, 0.4) is 0 Å². The van der Waals surface area contributed by atoms with E-state index in [1.54, 1.807) is 0 Å². The molecule has 1 aromatic rings. The molecule has 6 heteroatoms. The third-order valence-corrected chi connectivity index (χ3v) is 8.02. The fourth-order valence-electron chi connectivity index (χ4n) is 6.99. The van der Waals surface area contributed by atoms with E-state index in [9.17, 15) is 9.59 Å². The van der Waals surface area contributed by atoms with Gasteiger partial charge in [0.25, 0.3) is 0 Å². The lowest BCUT2D eigenvalue weighted by atomic mass is 9.53. The number of rotatable bonds is 6. The number of hydrogen-bond acceptors (Lipinski definition) is 3. The Morgan fingerprint density at radius 2 is 1.52 bits per heavy atom. The Morgan fingerprint density at radius 3 is 2.13 bits per heavy atom. The highest BCUT2D eigenvalue weighted by Crippen LogP contribution is 2.55. The number of nitrogens with one attached hydrogen (secondary N) is 2. The lowest BCUT2D eigenvalue weighted by molar-refractivity contribution is -0.132. The normalized spacial score (nSPS) is 32.1. The molecule has 5 aliphatic rings. The van der Waals surface area contributed by atoms with Gasteiger partial charge in [-0.15, -0.1) is 0 Å². The van der Waals surface area contributed by atoms with Crippen LogP contribution < -0.4 is 10.6 Å². The molecule has 0 spiro atoms. The number of urea groups is 1. The zero-order chi connectivity index (χ0) is 21.3. The molecule has 5 fully saturated rings. The van der Waals surface area contributed by atoms with E-state index in [1.807, 2.05) is 11.0 Å². The average Bonchev–Trinajstić information content (AvgIpc) is 2.73. The average molecular weight is 425 g/mol. The minimum atomic E-state index is -0.0811. The van der Waals surface area contributed by atoms with Crippen LogP contribution in [0.1, 0.15) is 50.5 Å². The van der Waals surface area contributed by atoms with Crippen molar-refractivity contribution in [3.05, 3.63) is 35.9 Å². The Morgan fingerprint density at radius 1 is 0.903 bits per heavy atom. The summed E-state index contributed by atoms with van der Waals surface area (Å²) < 4.78 is 0. The highest BCUT2D eigenvalue weighted by molar-refractivity contribution is 5.78. The van der Waals surface area contributed by atoms with Crippen LogP contribution in [0.25, 0.3) is 0 Å². The monoisotopic (exact) mass is 424 g/mol. The molecule has 4 saturated carbocycles. The summed E-state index contributed by atoms with van der Waals surface area (Å²) in [5, 5.41) is 6.29. The second kappa shape index (κ2) is 8.81. The first kappa shape index (κ1) is 20.8. The fraction of sp³-hybridized carbons (Fsp3) is 0.680. The lowest BCUT2D eigenvalue weighted by Crippen LogP contribution is -2.61. The molecule has 6 rings (SSSR count). The third kappa shape index (κ3) is 4.89. The van der Waals surface area contributed by atoms with Crippen LogP contribution in [0, 0.1) is 17.8 Å². The first-order chi connectivity index (χ1) is 15.1. The number of carbonyl (C=O) groups excluding carboxylic acids is 2. The van der Waals surface area contributed by atoms with Crippen LogP contribution in [0.2, 0.25) is 0 Å². The molecule has 31 heavy (non-hydrogen) atoms. The van der Waals surface area contributed by atoms with Crippen molar-refractivity contribution in [2.75, 3.05) is 32.7 Å². The molecule has 0 atom stereocenters. The standard InChI is InChI=1S/C25H36N4O2/c30-23(29-10-8-28(9-11-29)18-19-4-2-1-3-5-19)6-7-26-24(31)27-25-15-20-12-21(16-25)14-22(13-20)17-25/h1-5,20-22H,6-18H2,(H2,26,27,31). The second-order valence-corrected chi connectivity index (χ2v) is 10.5. The maximum absolute atomic E-state index is 12.6. The van der Waals surface area contributed by atoms with Crippen LogP contribution in [-0.2, 0) is 11.3 Å². The van der Waals surface area contributed by atoms with Crippen LogP contribution in [-0.4, -0.2) is 60.0 Å². The number of piperazine rings is 1. The molecule has 0 radical (unpaired) electrons. The van der Waals surface area contributed by atoms with Crippen LogP contribution in [0.15, 0.2) is 30.3 Å². The van der Waals surface area contributed by atoms with Gasteiger partial charge in [0.05, 0.1) is 0 Å². The van der Waals surface area contributed by atoms with Crippen molar-refractivity contribution < 1.29 is 9.59 Å². The summed E-state index contributed by atoms with van der Waals surface area (Å²) in [6, 6.07) is 10.4. The summed E-state index contributed by atoms with van der Waals surface area (Å²) in [5.74, 6) is 2.59. The second-order valence-electron chi connectivity index (χ2n) is 10.5. The number of benzene rings is 1. The molecule has 1 aliphatic heterocycles. The molecule has 4 bridgehead atoms. The number of nitrogens with zero attached hydrogens (tertiary/aromatic N) is 2. The van der Waals surface area contributed by atoms with Gasteiger partial charge in [-0.1, -0.05) is 30.3 Å². The van der Waals surface area contributed by atoms with Crippen molar-refractivity contribution in [2.45, 2.75) is 57.0 Å². The van der Waals surface area contributed by atoms with Gasteiger partial charge in [-0.3, -0.25) is 9.69 Å². The van der Waals surface area contributed by atoms with Gasteiger partial charge in [0.2, 0.25) is 5.91 Å². The Labute approximate surface area is 185 Å². The van der Waals surface area contributed by atoms with Crippen molar-refractivity contribution in [3.63, 3.8) is 0 Å². The zero-order valence-corrected chi connectivity index (χ0v) is 18.5.